The van der Waals surface area contributed by atoms with E-state index in [1.165, 1.54) is 6.08 Å². The van der Waals surface area contributed by atoms with E-state index in [1.807, 2.05) is 48.5 Å². The van der Waals surface area contributed by atoms with Gasteiger partial charge < -0.3 is 54.2 Å². The molecule has 6 amide bonds. The fourth-order valence-electron chi connectivity index (χ4n) is 10.2. The molecule has 0 saturated carbocycles. The molecule has 3 heterocycles. The molecule has 17 nitrogen and oxygen atoms in total. The number of hydrogen-bond donors (Lipinski definition) is 6. The molecule has 0 fully saturated rings. The second-order valence-corrected chi connectivity index (χ2v) is 24.7. The van der Waals surface area contributed by atoms with E-state index in [1.54, 1.807) is 56.5 Å². The van der Waals surface area contributed by atoms with Gasteiger partial charge in [0.25, 0.3) is 0 Å². The highest BCUT2D eigenvalue weighted by Crippen LogP contribution is 2.37. The van der Waals surface area contributed by atoms with Gasteiger partial charge in [-0.2, -0.15) is 0 Å². The molecule has 3 atom stereocenters. The van der Waals surface area contributed by atoms with Gasteiger partial charge in [-0.1, -0.05) is 66.9 Å². The van der Waals surface area contributed by atoms with Crippen molar-refractivity contribution >= 4 is 64.0 Å². The summed E-state index contributed by atoms with van der Waals surface area (Å²) in [5.74, 6) is -0.449. The van der Waals surface area contributed by atoms with Crippen LogP contribution >= 0.6 is 0 Å². The first-order chi connectivity index (χ1) is 37.8. The zero-order chi connectivity index (χ0) is 59.2. The van der Waals surface area contributed by atoms with E-state index in [4.69, 9.17) is 4.74 Å². The zero-order valence-corrected chi connectivity index (χ0v) is 49.9. The van der Waals surface area contributed by atoms with Gasteiger partial charge >= 0.3 is 6.97 Å². The van der Waals surface area contributed by atoms with Gasteiger partial charge in [0.15, 0.2) is 21.2 Å². The Balaban J connectivity index is 1.03. The fraction of sp³-hybridized carbons (Fsp3) is 0.610. The lowest BCUT2D eigenvalue weighted by atomic mass is 9.90. The standard InChI is InChI=1S/C59H91BF2N8O9S/c1-40(2)36-46(31-35-80(10,77)78)66-58(75)51(38-42(5)6)68-59(76)50(37-41(3)4)67-57(74)22-16-13-19-33-64-55(72)20-14-11-17-32-63-54(71)21-15-12-18-34-65-56(73)30-28-49-43(7)53-39-47-25-29-52(45-23-26-48(79-9)27-24-45)70(47)60(61,62)69(53)44(49)8/h23-27,29,31,35,39-42,46,50-51H,11-22,28,30,32-34,36-38H2,1-10H3,(H,63,71)(H,64,72)(H,65,73)(H,66,75)(H,67,74)(H,68,76)/b35-31+. The van der Waals surface area contributed by atoms with E-state index in [9.17, 15) is 37.2 Å². The van der Waals surface area contributed by atoms with Gasteiger partial charge in [0.1, 0.15) is 17.8 Å². The maximum Gasteiger partial charge on any atom is 0.737 e. The summed E-state index contributed by atoms with van der Waals surface area (Å²) in [4.78, 5) is 77.7. The van der Waals surface area contributed by atoms with E-state index in [-0.39, 0.29) is 54.2 Å². The second-order valence-electron chi connectivity index (χ2n) is 22.7. The number of amides is 6. The summed E-state index contributed by atoms with van der Waals surface area (Å²) in [6.07, 6.45) is 16.8. The van der Waals surface area contributed by atoms with Crippen molar-refractivity contribution in [1.29, 1.82) is 0 Å². The number of unbranched alkanes of at least 4 members (excludes halogenated alkanes) is 6. The Bertz CT molecular complexity index is 2680. The molecule has 1 aromatic heterocycles. The quantitative estimate of drug-likeness (QED) is 0.0288. The van der Waals surface area contributed by atoms with Gasteiger partial charge in [0, 0.05) is 92.5 Å². The summed E-state index contributed by atoms with van der Waals surface area (Å²) >= 11 is 0. The van der Waals surface area contributed by atoms with Crippen LogP contribution in [0.1, 0.15) is 172 Å². The molecule has 3 unspecified atom stereocenters. The van der Waals surface area contributed by atoms with Gasteiger partial charge in [0.2, 0.25) is 35.4 Å². The fourth-order valence-corrected chi connectivity index (χ4v) is 10.6. The highest BCUT2D eigenvalue weighted by Gasteiger charge is 2.53. The molecule has 1 aromatic carbocycles. The van der Waals surface area contributed by atoms with Crippen LogP contribution in [0.3, 0.4) is 0 Å². The van der Waals surface area contributed by atoms with E-state index in [0.29, 0.717) is 131 Å². The van der Waals surface area contributed by atoms with Crippen LogP contribution in [0.4, 0.5) is 8.63 Å². The van der Waals surface area contributed by atoms with Crippen LogP contribution in [0.15, 0.2) is 53.6 Å². The van der Waals surface area contributed by atoms with E-state index < -0.39 is 46.7 Å². The number of nitrogens with one attached hydrogen (secondary N) is 6. The van der Waals surface area contributed by atoms with Crippen molar-refractivity contribution in [2.45, 2.75) is 183 Å². The number of methoxy groups -OCH3 is 1. The molecule has 0 bridgehead atoms. The van der Waals surface area contributed by atoms with Gasteiger partial charge in [0.05, 0.1) is 7.11 Å². The van der Waals surface area contributed by atoms with Crippen molar-refractivity contribution in [3.05, 3.63) is 81.7 Å². The molecule has 2 aliphatic rings. The SMILES string of the molecule is COc1ccc(C2=[N+]3C(=Cc4c(C)c(CCC(=O)NCCCCCC(=O)NCCCCCC(=O)NCCCCCC(=O)NC(CC(C)C)C(=O)NC(CC(C)C)C(=O)NC(/C=C/S(C)(=O)=O)CC(C)C)c(C)n4[B-]3(F)F)C=C2)cc1. The molecule has 0 saturated heterocycles. The highest BCUT2D eigenvalue weighted by atomic mass is 32.2. The van der Waals surface area contributed by atoms with Crippen molar-refractivity contribution in [2.75, 3.05) is 33.0 Å². The molecule has 444 valence electrons. The molecule has 2 aromatic rings. The summed E-state index contributed by atoms with van der Waals surface area (Å²) in [6.45, 7) is 12.5. The first kappa shape index (κ1) is 66.4. The number of rotatable bonds is 36. The van der Waals surface area contributed by atoms with Gasteiger partial charge in [-0.25, -0.2) is 8.42 Å². The van der Waals surface area contributed by atoms with Crippen molar-refractivity contribution in [2.24, 2.45) is 17.8 Å². The highest BCUT2D eigenvalue weighted by molar-refractivity contribution is 7.93. The zero-order valence-electron chi connectivity index (χ0n) is 49.1. The molecule has 0 radical (unpaired) electrons. The van der Waals surface area contributed by atoms with Crippen LogP contribution in [0.2, 0.25) is 0 Å². The Labute approximate surface area is 474 Å². The number of nitrogens with zero attached hydrogens (tertiary/aromatic N) is 2. The van der Waals surface area contributed by atoms with Crippen molar-refractivity contribution in [3.63, 3.8) is 0 Å². The van der Waals surface area contributed by atoms with Crippen molar-refractivity contribution in [3.8, 4) is 5.75 Å². The number of carbonyl (C=O) groups excluding carboxylic acids is 6. The summed E-state index contributed by atoms with van der Waals surface area (Å²) in [7, 11) is -1.85. The third-order valence-electron chi connectivity index (χ3n) is 14.3. The Morgan fingerprint density at radius 1 is 0.650 bits per heavy atom. The predicted molar refractivity (Wildman–Crippen MR) is 313 cm³/mol. The summed E-state index contributed by atoms with van der Waals surface area (Å²) in [5, 5.41) is 18.5. The number of benzene rings is 1. The number of ether oxygens (including phenoxy) is 1. The third-order valence-corrected chi connectivity index (χ3v) is 14.9. The predicted octanol–water partition coefficient (Wildman–Crippen LogP) is 7.88. The summed E-state index contributed by atoms with van der Waals surface area (Å²) in [5.41, 5.74) is 3.89. The number of halogens is 2. The topological polar surface area (TPSA) is 226 Å². The van der Waals surface area contributed by atoms with E-state index in [2.05, 4.69) is 31.9 Å². The van der Waals surface area contributed by atoms with Crippen LogP contribution in [-0.4, -0.2) is 117 Å². The Kier molecular flexibility index (Phi) is 26.9. The average molecular weight is 1140 g/mol. The Morgan fingerprint density at radius 2 is 1.14 bits per heavy atom. The second kappa shape index (κ2) is 32.4. The largest absolute Gasteiger partial charge is 0.737 e. The van der Waals surface area contributed by atoms with Gasteiger partial charge in [-0.05, 0) is 137 Å². The van der Waals surface area contributed by atoms with Gasteiger partial charge in [-0.15, -0.1) is 0 Å². The van der Waals surface area contributed by atoms with Crippen molar-refractivity contribution < 1.29 is 55.0 Å². The van der Waals surface area contributed by atoms with Crippen LogP contribution in [0.5, 0.6) is 5.75 Å². The number of hydrogen-bond acceptors (Lipinski definition) is 9. The molecular formula is C59H91BF2N8O9S. The maximum atomic E-state index is 16.4. The first-order valence-corrected chi connectivity index (χ1v) is 30.8. The normalized spacial score (nSPS) is 14.9. The monoisotopic (exact) mass is 1140 g/mol. The minimum absolute atomic E-state index is 0.0389. The lowest BCUT2D eigenvalue weighted by Gasteiger charge is -2.30. The molecular weight excluding hydrogens is 1050 g/mol. The number of carbonyl (C=O) groups is 6. The minimum atomic E-state index is -4.21. The maximum absolute atomic E-state index is 16.4. The van der Waals surface area contributed by atoms with E-state index >= 15 is 8.63 Å². The molecule has 0 aliphatic carbocycles. The van der Waals surface area contributed by atoms with Crippen molar-refractivity contribution in [1.82, 2.24) is 36.4 Å². The van der Waals surface area contributed by atoms with Crippen LogP contribution in [0, 0.1) is 31.6 Å². The lowest BCUT2D eigenvalue weighted by Crippen LogP contribution is -2.55. The smallest absolute Gasteiger partial charge is 0.497 e. The molecule has 0 spiro atoms. The molecule has 2 aliphatic heterocycles. The van der Waals surface area contributed by atoms with Crippen LogP contribution < -0.4 is 36.6 Å². The number of fused-ring (bicyclic) bond motifs is 2. The third kappa shape index (κ3) is 21.7. The molecule has 80 heavy (non-hydrogen) atoms. The number of allylic oxidation sites excluding steroid dienone is 2. The Hall–Kier alpha value is -6.12. The van der Waals surface area contributed by atoms with Gasteiger partial charge in [-0.3, -0.25) is 28.8 Å². The first-order valence-electron chi connectivity index (χ1n) is 28.8. The van der Waals surface area contributed by atoms with Crippen LogP contribution in [-0.2, 0) is 45.0 Å². The molecule has 21 heteroatoms. The minimum Gasteiger partial charge on any atom is -0.497 e. The molecule has 6 N–H and O–H groups in total. The number of aromatic nitrogens is 1. The van der Waals surface area contributed by atoms with E-state index in [0.717, 1.165) is 51.0 Å². The summed E-state index contributed by atoms with van der Waals surface area (Å²) in [6, 6.07) is 4.76. The molecule has 4 rings (SSSR count). The van der Waals surface area contributed by atoms with Crippen LogP contribution in [0.25, 0.3) is 6.08 Å². The summed E-state index contributed by atoms with van der Waals surface area (Å²) < 4.78 is 63.9. The lowest BCUT2D eigenvalue weighted by molar-refractivity contribution is -0.360. The average Bonchev–Trinajstić information content (AvgIpc) is 4.16. The number of sulfone groups is 1. The Morgan fingerprint density at radius 3 is 1.64 bits per heavy atom.